The number of amides is 1. The van der Waals surface area contributed by atoms with Crippen molar-refractivity contribution < 1.29 is 4.79 Å². The molecule has 7 heteroatoms. The van der Waals surface area contributed by atoms with Gasteiger partial charge in [-0.05, 0) is 31.4 Å². The first-order chi connectivity index (χ1) is 11.0. The highest BCUT2D eigenvalue weighted by molar-refractivity contribution is 8.00. The number of hydrogen-bond acceptors (Lipinski definition) is 5. The third kappa shape index (κ3) is 3.85. The molecule has 3 N–H and O–H groups in total. The standard InChI is InChI=1S/C16H23N5OS/c1-5-12-9-7-8-10(3)14(12)18-15(22)11(4)23-16-20-19-13(6-2)21(16)17/h7-9,11H,5-6,17H2,1-4H3,(H,18,22). The van der Waals surface area contributed by atoms with Crippen LogP contribution in [0, 0.1) is 6.92 Å². The molecule has 124 valence electrons. The summed E-state index contributed by atoms with van der Waals surface area (Å²) in [6.45, 7) is 7.87. The van der Waals surface area contributed by atoms with Gasteiger partial charge in [0.15, 0.2) is 5.82 Å². The normalized spacial score (nSPS) is 12.2. The number of carbonyl (C=O) groups excluding carboxylic acids is 1. The molecule has 0 aliphatic rings. The Labute approximate surface area is 140 Å². The van der Waals surface area contributed by atoms with Crippen molar-refractivity contribution >= 4 is 23.4 Å². The van der Waals surface area contributed by atoms with E-state index in [1.165, 1.54) is 16.4 Å². The van der Waals surface area contributed by atoms with E-state index in [-0.39, 0.29) is 11.2 Å². The molecule has 0 spiro atoms. The quantitative estimate of drug-likeness (QED) is 0.627. The number of nitrogen functional groups attached to an aromatic ring is 1. The molecule has 0 fully saturated rings. The Balaban J connectivity index is 2.10. The second kappa shape index (κ2) is 7.50. The van der Waals surface area contributed by atoms with E-state index in [1.807, 2.05) is 39.0 Å². The molecule has 0 aliphatic carbocycles. The summed E-state index contributed by atoms with van der Waals surface area (Å²) in [5, 5.41) is 11.3. The van der Waals surface area contributed by atoms with Gasteiger partial charge in [-0.25, -0.2) is 4.68 Å². The average molecular weight is 333 g/mol. The van der Waals surface area contributed by atoms with E-state index in [4.69, 9.17) is 5.84 Å². The predicted octanol–water partition coefficient (Wildman–Crippen LogP) is 2.54. The molecule has 1 heterocycles. The lowest BCUT2D eigenvalue weighted by Crippen LogP contribution is -2.24. The maximum Gasteiger partial charge on any atom is 0.237 e. The van der Waals surface area contributed by atoms with Crippen molar-refractivity contribution in [2.45, 2.75) is 50.9 Å². The van der Waals surface area contributed by atoms with E-state index in [1.54, 1.807) is 0 Å². The number of nitrogens with one attached hydrogen (secondary N) is 1. The zero-order chi connectivity index (χ0) is 17.0. The summed E-state index contributed by atoms with van der Waals surface area (Å²) in [6, 6.07) is 6.03. The van der Waals surface area contributed by atoms with Gasteiger partial charge in [-0.3, -0.25) is 4.79 Å². The molecule has 0 saturated heterocycles. The molecule has 0 saturated carbocycles. The molecule has 0 radical (unpaired) electrons. The summed E-state index contributed by atoms with van der Waals surface area (Å²) in [4.78, 5) is 12.5. The summed E-state index contributed by atoms with van der Waals surface area (Å²) < 4.78 is 1.44. The number of nitrogens with two attached hydrogens (primary N) is 1. The summed E-state index contributed by atoms with van der Waals surface area (Å²) in [5.74, 6) is 6.56. The molecule has 2 aromatic rings. The summed E-state index contributed by atoms with van der Waals surface area (Å²) in [5.41, 5.74) is 3.09. The number of aromatic nitrogens is 3. The minimum Gasteiger partial charge on any atom is -0.336 e. The summed E-state index contributed by atoms with van der Waals surface area (Å²) in [6.07, 6.45) is 1.57. The van der Waals surface area contributed by atoms with Crippen molar-refractivity contribution in [3.63, 3.8) is 0 Å². The van der Waals surface area contributed by atoms with Crippen LogP contribution in [0.25, 0.3) is 0 Å². The fourth-order valence-corrected chi connectivity index (χ4v) is 3.06. The molecule has 6 nitrogen and oxygen atoms in total. The number of nitrogens with zero attached hydrogens (tertiary/aromatic N) is 3. The van der Waals surface area contributed by atoms with Crippen molar-refractivity contribution in [2.24, 2.45) is 0 Å². The Morgan fingerprint density at radius 2 is 2.09 bits per heavy atom. The Hall–Kier alpha value is -2.02. The number of hydrogen-bond donors (Lipinski definition) is 2. The summed E-state index contributed by atoms with van der Waals surface area (Å²) >= 11 is 1.31. The number of thioether (sulfide) groups is 1. The summed E-state index contributed by atoms with van der Waals surface area (Å²) in [7, 11) is 0. The molecule has 0 aliphatic heterocycles. The number of rotatable bonds is 6. The molecule has 23 heavy (non-hydrogen) atoms. The topological polar surface area (TPSA) is 85.8 Å². The zero-order valence-electron chi connectivity index (χ0n) is 14.0. The van der Waals surface area contributed by atoms with Gasteiger partial charge < -0.3 is 11.2 Å². The van der Waals surface area contributed by atoms with Gasteiger partial charge in [-0.1, -0.05) is 43.8 Å². The number of benzene rings is 1. The maximum atomic E-state index is 12.5. The third-order valence-electron chi connectivity index (χ3n) is 3.69. The second-order valence-electron chi connectivity index (χ2n) is 5.33. The smallest absolute Gasteiger partial charge is 0.237 e. The molecule has 1 unspecified atom stereocenters. The van der Waals surface area contributed by atoms with Crippen LogP contribution >= 0.6 is 11.8 Å². The maximum absolute atomic E-state index is 12.5. The highest BCUT2D eigenvalue weighted by Crippen LogP contribution is 2.25. The van der Waals surface area contributed by atoms with E-state index in [0.29, 0.717) is 17.4 Å². The zero-order valence-corrected chi connectivity index (χ0v) is 14.8. The largest absolute Gasteiger partial charge is 0.336 e. The fraction of sp³-hybridized carbons (Fsp3) is 0.438. The number of anilines is 1. The van der Waals surface area contributed by atoms with Gasteiger partial charge in [0, 0.05) is 12.1 Å². The lowest BCUT2D eigenvalue weighted by Gasteiger charge is -2.16. The van der Waals surface area contributed by atoms with Gasteiger partial charge in [0.25, 0.3) is 0 Å². The first kappa shape index (κ1) is 17.3. The Morgan fingerprint density at radius 3 is 2.70 bits per heavy atom. The Kier molecular flexibility index (Phi) is 5.65. The number of carbonyl (C=O) groups is 1. The van der Waals surface area contributed by atoms with E-state index in [0.717, 1.165) is 23.2 Å². The minimum absolute atomic E-state index is 0.0694. The van der Waals surface area contributed by atoms with Crippen molar-refractivity contribution in [2.75, 3.05) is 11.2 Å². The van der Waals surface area contributed by atoms with Crippen LogP contribution in [0.5, 0.6) is 0 Å². The molecular formula is C16H23N5OS. The predicted molar refractivity (Wildman–Crippen MR) is 94.1 cm³/mol. The van der Waals surface area contributed by atoms with E-state index in [9.17, 15) is 4.79 Å². The average Bonchev–Trinajstić information content (AvgIpc) is 2.89. The van der Waals surface area contributed by atoms with Crippen molar-refractivity contribution in [1.29, 1.82) is 0 Å². The third-order valence-corrected chi connectivity index (χ3v) is 4.75. The monoisotopic (exact) mass is 333 g/mol. The van der Waals surface area contributed by atoms with Crippen molar-refractivity contribution in [1.82, 2.24) is 14.9 Å². The Morgan fingerprint density at radius 1 is 1.35 bits per heavy atom. The molecule has 1 aromatic carbocycles. The van der Waals surface area contributed by atoms with Crippen LogP contribution in [-0.4, -0.2) is 26.0 Å². The fourth-order valence-electron chi connectivity index (χ4n) is 2.27. The van der Waals surface area contributed by atoms with Crippen LogP contribution in [0.2, 0.25) is 0 Å². The SMILES string of the molecule is CCc1cccc(C)c1NC(=O)C(C)Sc1nnc(CC)n1N. The molecule has 1 aromatic heterocycles. The van der Waals surface area contributed by atoms with Crippen LogP contribution in [0.15, 0.2) is 23.4 Å². The van der Waals surface area contributed by atoms with Crippen LogP contribution in [0.1, 0.15) is 37.7 Å². The first-order valence-corrected chi connectivity index (χ1v) is 8.61. The van der Waals surface area contributed by atoms with Crippen LogP contribution in [0.4, 0.5) is 5.69 Å². The van der Waals surface area contributed by atoms with Crippen LogP contribution < -0.4 is 11.2 Å². The number of aryl methyl sites for hydroxylation is 3. The highest BCUT2D eigenvalue weighted by atomic mass is 32.2. The minimum atomic E-state index is -0.324. The van der Waals surface area contributed by atoms with E-state index in [2.05, 4.69) is 22.4 Å². The second-order valence-corrected chi connectivity index (χ2v) is 6.64. The van der Waals surface area contributed by atoms with E-state index >= 15 is 0 Å². The molecule has 1 amide bonds. The van der Waals surface area contributed by atoms with E-state index < -0.39 is 0 Å². The van der Waals surface area contributed by atoms with Gasteiger partial charge in [0.05, 0.1) is 5.25 Å². The van der Waals surface area contributed by atoms with Gasteiger partial charge in [0.1, 0.15) is 0 Å². The highest BCUT2D eigenvalue weighted by Gasteiger charge is 2.20. The molecule has 2 rings (SSSR count). The molecule has 0 bridgehead atoms. The van der Waals surface area contributed by atoms with Gasteiger partial charge in [-0.2, -0.15) is 0 Å². The van der Waals surface area contributed by atoms with Crippen LogP contribution in [-0.2, 0) is 17.6 Å². The van der Waals surface area contributed by atoms with Gasteiger partial charge in [-0.15, -0.1) is 10.2 Å². The lowest BCUT2D eigenvalue weighted by atomic mass is 10.1. The van der Waals surface area contributed by atoms with Crippen molar-refractivity contribution in [3.05, 3.63) is 35.2 Å². The number of para-hydroxylation sites is 1. The van der Waals surface area contributed by atoms with Gasteiger partial charge in [0.2, 0.25) is 11.1 Å². The Bertz CT molecular complexity index is 698. The first-order valence-electron chi connectivity index (χ1n) is 7.73. The van der Waals surface area contributed by atoms with Gasteiger partial charge >= 0.3 is 0 Å². The lowest BCUT2D eigenvalue weighted by molar-refractivity contribution is -0.115. The molecule has 1 atom stereocenters. The van der Waals surface area contributed by atoms with Crippen LogP contribution in [0.3, 0.4) is 0 Å². The van der Waals surface area contributed by atoms with Crippen molar-refractivity contribution in [3.8, 4) is 0 Å². The molecular weight excluding hydrogens is 310 g/mol.